The number of carbonyl (C=O) groups excluding carboxylic acids is 2. The molecule has 6 heteroatoms. The van der Waals surface area contributed by atoms with Gasteiger partial charge in [-0.05, 0) is 32.1 Å². The monoisotopic (exact) mass is 293 g/mol. The van der Waals surface area contributed by atoms with E-state index in [4.69, 9.17) is 0 Å². The van der Waals surface area contributed by atoms with Crippen LogP contribution in [0, 0.1) is 5.92 Å². The van der Waals surface area contributed by atoms with Crippen LogP contribution in [0.4, 0.5) is 5.13 Å². The van der Waals surface area contributed by atoms with E-state index < -0.39 is 0 Å². The lowest BCUT2D eigenvalue weighted by Gasteiger charge is -2.23. The second-order valence-electron chi connectivity index (χ2n) is 5.45. The van der Waals surface area contributed by atoms with Crippen LogP contribution in [0.15, 0.2) is 5.38 Å². The normalized spacial score (nSPS) is 22.1. The number of hydrogen-bond donors (Lipinski definition) is 1. The van der Waals surface area contributed by atoms with E-state index in [0.717, 1.165) is 37.8 Å². The molecule has 2 heterocycles. The molecule has 0 unspecified atom stereocenters. The first kappa shape index (κ1) is 13.5. The lowest BCUT2D eigenvalue weighted by atomic mass is 10.2. The third-order valence-corrected chi connectivity index (χ3v) is 4.72. The minimum atomic E-state index is -0.308. The smallest absolute Gasteiger partial charge is 0.248 e. The molecule has 1 aliphatic heterocycles. The number of likely N-dealkylation sites (tertiary alicyclic amines) is 1. The molecule has 0 spiro atoms. The summed E-state index contributed by atoms with van der Waals surface area (Å²) < 4.78 is 0. The lowest BCUT2D eigenvalue weighted by Crippen LogP contribution is -2.43. The van der Waals surface area contributed by atoms with Crippen LogP contribution in [0.25, 0.3) is 0 Å². The van der Waals surface area contributed by atoms with Gasteiger partial charge in [-0.1, -0.05) is 6.92 Å². The van der Waals surface area contributed by atoms with Gasteiger partial charge in [0.25, 0.3) is 0 Å². The Kier molecular flexibility index (Phi) is 3.74. The number of carbonyl (C=O) groups is 2. The fourth-order valence-electron chi connectivity index (χ4n) is 2.58. The molecule has 2 aliphatic rings. The van der Waals surface area contributed by atoms with Crippen molar-refractivity contribution in [2.75, 3.05) is 11.9 Å². The highest BCUT2D eigenvalue weighted by Gasteiger charge is 2.40. The minimum Gasteiger partial charge on any atom is -0.330 e. The number of rotatable bonds is 4. The Morgan fingerprint density at radius 1 is 1.45 bits per heavy atom. The van der Waals surface area contributed by atoms with Gasteiger partial charge in [-0.3, -0.25) is 9.59 Å². The molecule has 1 N–H and O–H groups in total. The van der Waals surface area contributed by atoms with Gasteiger partial charge in [0.2, 0.25) is 11.8 Å². The summed E-state index contributed by atoms with van der Waals surface area (Å²) in [5.74, 6) is 0.250. The molecule has 5 nitrogen and oxygen atoms in total. The molecule has 0 aromatic carbocycles. The molecule has 108 valence electrons. The van der Waals surface area contributed by atoms with Crippen molar-refractivity contribution in [1.82, 2.24) is 9.88 Å². The molecular formula is C14H19N3O2S. The Labute approximate surface area is 122 Å². The van der Waals surface area contributed by atoms with Crippen LogP contribution >= 0.6 is 11.3 Å². The van der Waals surface area contributed by atoms with E-state index in [-0.39, 0.29) is 23.8 Å². The highest BCUT2D eigenvalue weighted by molar-refractivity contribution is 7.13. The summed E-state index contributed by atoms with van der Waals surface area (Å²) in [6.07, 6.45) is 4.50. The third kappa shape index (κ3) is 2.70. The van der Waals surface area contributed by atoms with Gasteiger partial charge in [-0.25, -0.2) is 4.98 Å². The van der Waals surface area contributed by atoms with Gasteiger partial charge >= 0.3 is 0 Å². The molecule has 2 amide bonds. The van der Waals surface area contributed by atoms with E-state index in [1.54, 1.807) is 4.90 Å². The predicted molar refractivity (Wildman–Crippen MR) is 77.6 cm³/mol. The van der Waals surface area contributed by atoms with E-state index in [9.17, 15) is 9.59 Å². The number of amides is 2. The topological polar surface area (TPSA) is 62.3 Å². The summed E-state index contributed by atoms with van der Waals surface area (Å²) in [6.45, 7) is 2.75. The van der Waals surface area contributed by atoms with Gasteiger partial charge in [0.05, 0.1) is 5.69 Å². The van der Waals surface area contributed by atoms with Crippen molar-refractivity contribution >= 4 is 28.3 Å². The Balaban J connectivity index is 1.64. The average molecular weight is 293 g/mol. The number of aryl methyl sites for hydroxylation is 1. The summed E-state index contributed by atoms with van der Waals surface area (Å²) >= 11 is 1.44. The van der Waals surface area contributed by atoms with Crippen LogP contribution < -0.4 is 5.32 Å². The summed E-state index contributed by atoms with van der Waals surface area (Å²) in [5.41, 5.74) is 0.989. The maximum atomic E-state index is 12.3. The fourth-order valence-corrected chi connectivity index (χ4v) is 3.38. The summed E-state index contributed by atoms with van der Waals surface area (Å²) in [7, 11) is 0. The van der Waals surface area contributed by atoms with Crippen molar-refractivity contribution < 1.29 is 9.59 Å². The third-order valence-electron chi connectivity index (χ3n) is 3.91. The molecule has 20 heavy (non-hydrogen) atoms. The number of anilines is 1. The van der Waals surface area contributed by atoms with E-state index >= 15 is 0 Å². The van der Waals surface area contributed by atoms with Crippen molar-refractivity contribution in [2.24, 2.45) is 5.92 Å². The molecule has 2 fully saturated rings. The maximum Gasteiger partial charge on any atom is 0.248 e. The van der Waals surface area contributed by atoms with Gasteiger partial charge in [0, 0.05) is 17.8 Å². The van der Waals surface area contributed by atoms with E-state index in [1.165, 1.54) is 11.3 Å². The Bertz CT molecular complexity index is 524. The van der Waals surface area contributed by atoms with Crippen LogP contribution in [-0.2, 0) is 16.0 Å². The molecule has 3 rings (SSSR count). The van der Waals surface area contributed by atoms with Crippen molar-refractivity contribution in [3.8, 4) is 0 Å². The lowest BCUT2D eigenvalue weighted by molar-refractivity contribution is -0.137. The SMILES string of the molecule is CCc1csc(NC(=O)[C@@H]2CCCN2C(=O)C2CC2)n1. The second kappa shape index (κ2) is 5.52. The van der Waals surface area contributed by atoms with Crippen LogP contribution in [0.2, 0.25) is 0 Å². The number of hydrogen-bond acceptors (Lipinski definition) is 4. The van der Waals surface area contributed by atoms with Gasteiger partial charge in [0.1, 0.15) is 6.04 Å². The molecule has 1 aromatic heterocycles. The van der Waals surface area contributed by atoms with Gasteiger partial charge in [-0.2, -0.15) is 0 Å². The quantitative estimate of drug-likeness (QED) is 0.924. The predicted octanol–water partition coefficient (Wildman–Crippen LogP) is 2.04. The molecule has 1 aromatic rings. The first-order chi connectivity index (χ1) is 9.69. The molecule has 1 aliphatic carbocycles. The minimum absolute atomic E-state index is 0.0893. The first-order valence-corrected chi connectivity index (χ1v) is 8.12. The number of nitrogens with one attached hydrogen (secondary N) is 1. The Morgan fingerprint density at radius 3 is 2.90 bits per heavy atom. The largest absolute Gasteiger partial charge is 0.330 e. The number of nitrogens with zero attached hydrogens (tertiary/aromatic N) is 2. The average Bonchev–Trinajstić information content (AvgIpc) is 3.01. The van der Waals surface area contributed by atoms with E-state index in [0.29, 0.717) is 11.7 Å². The molecule has 1 atom stereocenters. The van der Waals surface area contributed by atoms with Crippen molar-refractivity contribution in [2.45, 2.75) is 45.1 Å². The highest BCUT2D eigenvalue weighted by Crippen LogP contribution is 2.34. The molecule has 1 saturated heterocycles. The Morgan fingerprint density at radius 2 is 2.25 bits per heavy atom. The van der Waals surface area contributed by atoms with Crippen LogP contribution in [-0.4, -0.2) is 34.3 Å². The van der Waals surface area contributed by atoms with Crippen LogP contribution in [0.5, 0.6) is 0 Å². The molecule has 1 saturated carbocycles. The van der Waals surface area contributed by atoms with Gasteiger partial charge in [0.15, 0.2) is 5.13 Å². The van der Waals surface area contributed by atoms with Crippen molar-refractivity contribution in [3.63, 3.8) is 0 Å². The molecule has 0 radical (unpaired) electrons. The zero-order chi connectivity index (χ0) is 14.1. The van der Waals surface area contributed by atoms with Gasteiger partial charge in [-0.15, -0.1) is 11.3 Å². The summed E-state index contributed by atoms with van der Waals surface area (Å²) in [6, 6.07) is -0.308. The van der Waals surface area contributed by atoms with Crippen molar-refractivity contribution in [3.05, 3.63) is 11.1 Å². The number of thiazole rings is 1. The zero-order valence-corrected chi connectivity index (χ0v) is 12.4. The maximum absolute atomic E-state index is 12.3. The molecular weight excluding hydrogens is 274 g/mol. The van der Waals surface area contributed by atoms with E-state index in [2.05, 4.69) is 10.3 Å². The summed E-state index contributed by atoms with van der Waals surface area (Å²) in [5, 5.41) is 5.45. The van der Waals surface area contributed by atoms with Crippen molar-refractivity contribution in [1.29, 1.82) is 0 Å². The van der Waals surface area contributed by atoms with E-state index in [1.807, 2.05) is 12.3 Å². The standard InChI is InChI=1S/C14H19N3O2S/c1-2-10-8-20-14(15-10)16-12(18)11-4-3-7-17(11)13(19)9-5-6-9/h8-9,11H,2-7H2,1H3,(H,15,16,18)/t11-/m0/s1. The van der Waals surface area contributed by atoms with Crippen LogP contribution in [0.1, 0.15) is 38.3 Å². The fraction of sp³-hybridized carbons (Fsp3) is 0.643. The Hall–Kier alpha value is -1.43. The van der Waals surface area contributed by atoms with Crippen LogP contribution in [0.3, 0.4) is 0 Å². The van der Waals surface area contributed by atoms with Gasteiger partial charge < -0.3 is 10.2 Å². The second-order valence-corrected chi connectivity index (χ2v) is 6.31. The highest BCUT2D eigenvalue weighted by atomic mass is 32.1. The summed E-state index contributed by atoms with van der Waals surface area (Å²) in [4.78, 5) is 30.6. The zero-order valence-electron chi connectivity index (χ0n) is 11.6. The number of aromatic nitrogens is 1. The molecule has 0 bridgehead atoms. The first-order valence-electron chi connectivity index (χ1n) is 7.24.